The minimum Gasteiger partial charge on any atom is -0.460 e. The van der Waals surface area contributed by atoms with Crippen LogP contribution in [0.25, 0.3) is 27.6 Å². The maximum atomic E-state index is 13.5. The molecule has 13 heteroatoms. The summed E-state index contributed by atoms with van der Waals surface area (Å²) < 4.78 is 6.70. The highest BCUT2D eigenvalue weighted by atomic mass is 32.1. The Labute approximate surface area is 280 Å². The Morgan fingerprint density at radius 1 is 0.936 bits per heavy atom. The second-order valence-electron chi connectivity index (χ2n) is 11.8. The molecule has 0 aliphatic rings. The van der Waals surface area contributed by atoms with Gasteiger partial charge >= 0.3 is 11.5 Å². The number of amides is 1. The topological polar surface area (TPSA) is 144 Å². The third-order valence-electron chi connectivity index (χ3n) is 6.97. The van der Waals surface area contributed by atoms with E-state index < -0.39 is 5.60 Å². The van der Waals surface area contributed by atoms with Crippen molar-refractivity contribution in [3.63, 3.8) is 0 Å². The summed E-state index contributed by atoms with van der Waals surface area (Å²) in [5.41, 5.74) is 2.72. The van der Waals surface area contributed by atoms with Crippen molar-refractivity contribution in [2.45, 2.75) is 64.9 Å². The first-order valence-electron chi connectivity index (χ1n) is 15.5. The highest BCUT2D eigenvalue weighted by Gasteiger charge is 2.20. The van der Waals surface area contributed by atoms with Gasteiger partial charge in [0.2, 0.25) is 10.3 Å². The van der Waals surface area contributed by atoms with Gasteiger partial charge in [0, 0.05) is 46.6 Å². The van der Waals surface area contributed by atoms with Gasteiger partial charge < -0.3 is 10.1 Å². The number of aromatic amines is 1. The lowest BCUT2D eigenvalue weighted by Crippen LogP contribution is -2.24. The lowest BCUT2D eigenvalue weighted by Gasteiger charge is -2.19. The fraction of sp³-hybridized carbons (Fsp3) is 0.324. The quantitative estimate of drug-likeness (QED) is 0.0691. The summed E-state index contributed by atoms with van der Waals surface area (Å²) >= 11 is 2.64. The van der Waals surface area contributed by atoms with Crippen LogP contribution in [-0.4, -0.2) is 43.8 Å². The molecular weight excluding hydrogens is 635 g/mol. The normalized spacial score (nSPS) is 11.6. The number of nitrogens with one attached hydrogen (secondary N) is 2. The van der Waals surface area contributed by atoms with E-state index in [1.54, 1.807) is 23.7 Å². The van der Waals surface area contributed by atoms with Crippen LogP contribution < -0.4 is 10.9 Å². The third-order valence-corrected chi connectivity index (χ3v) is 8.45. The summed E-state index contributed by atoms with van der Waals surface area (Å²) in [5, 5.41) is 19.1. The third kappa shape index (κ3) is 9.39. The molecule has 0 saturated carbocycles. The van der Waals surface area contributed by atoms with Crippen molar-refractivity contribution >= 4 is 45.4 Å². The van der Waals surface area contributed by atoms with E-state index >= 15 is 0 Å². The van der Waals surface area contributed by atoms with Crippen molar-refractivity contribution in [1.82, 2.24) is 25.1 Å². The predicted octanol–water partition coefficient (Wildman–Crippen LogP) is 8.24. The Kier molecular flexibility index (Phi) is 11.2. The molecule has 0 aliphatic carbocycles. The molecule has 0 radical (unpaired) electrons. The van der Waals surface area contributed by atoms with Gasteiger partial charge in [0.1, 0.15) is 5.60 Å². The standard InChI is InChI=1S/C34H37N7O4S2/c1-34(2,3)45-27(42)14-10-5-4-6-11-19-35-30(43)25-17-15-23(16-18-25)26-22-47-33(37-26)41-31(44)29(38-39-32-36-20-21-46-32)28(40-41)24-12-8-7-9-13-24/h7-9,12-13,15-18,20-22,40H,4-6,10-11,14,19H2,1-3H3,(H,35,43). The van der Waals surface area contributed by atoms with Gasteiger partial charge in [0.15, 0.2) is 5.69 Å². The number of rotatable bonds is 14. The van der Waals surface area contributed by atoms with Crippen molar-refractivity contribution in [1.29, 1.82) is 0 Å². The van der Waals surface area contributed by atoms with Gasteiger partial charge in [-0.15, -0.1) is 32.9 Å². The van der Waals surface area contributed by atoms with E-state index in [9.17, 15) is 14.4 Å². The zero-order chi connectivity index (χ0) is 33.2. The van der Waals surface area contributed by atoms with Crippen molar-refractivity contribution < 1.29 is 14.3 Å². The van der Waals surface area contributed by atoms with Gasteiger partial charge in [-0.3, -0.25) is 19.5 Å². The number of nitrogens with zero attached hydrogens (tertiary/aromatic N) is 5. The lowest BCUT2D eigenvalue weighted by molar-refractivity contribution is -0.154. The maximum absolute atomic E-state index is 13.5. The van der Waals surface area contributed by atoms with Gasteiger partial charge in [-0.05, 0) is 45.7 Å². The lowest BCUT2D eigenvalue weighted by atomic mass is 10.1. The molecule has 5 rings (SSSR count). The number of H-pyrrole nitrogens is 1. The Morgan fingerprint density at radius 3 is 2.40 bits per heavy atom. The molecule has 11 nitrogen and oxygen atoms in total. The van der Waals surface area contributed by atoms with Crippen LogP contribution in [0.4, 0.5) is 10.8 Å². The number of carbonyl (C=O) groups excluding carboxylic acids is 2. The van der Waals surface area contributed by atoms with Crippen LogP contribution in [0.2, 0.25) is 0 Å². The number of thiazole rings is 2. The molecule has 0 aliphatic heterocycles. The van der Waals surface area contributed by atoms with E-state index in [1.165, 1.54) is 27.4 Å². The smallest absolute Gasteiger partial charge is 0.306 e. The minimum absolute atomic E-state index is 0.133. The number of ether oxygens (including phenoxy) is 1. The largest absolute Gasteiger partial charge is 0.460 e. The second-order valence-corrected chi connectivity index (χ2v) is 13.5. The fourth-order valence-electron chi connectivity index (χ4n) is 4.73. The van der Waals surface area contributed by atoms with Crippen LogP contribution in [0.1, 0.15) is 69.7 Å². The summed E-state index contributed by atoms with van der Waals surface area (Å²) in [6, 6.07) is 16.7. The van der Waals surface area contributed by atoms with Crippen molar-refractivity contribution in [3.8, 4) is 27.6 Å². The Hall–Kier alpha value is -4.75. The number of benzene rings is 2. The molecule has 3 aromatic heterocycles. The summed E-state index contributed by atoms with van der Waals surface area (Å²) in [6.07, 6.45) is 6.69. The molecule has 2 aromatic carbocycles. The summed E-state index contributed by atoms with van der Waals surface area (Å²) in [7, 11) is 0. The van der Waals surface area contributed by atoms with Crippen LogP contribution in [0.3, 0.4) is 0 Å². The molecule has 0 bridgehead atoms. The van der Waals surface area contributed by atoms with E-state index in [-0.39, 0.29) is 23.1 Å². The Morgan fingerprint density at radius 2 is 1.68 bits per heavy atom. The first-order chi connectivity index (χ1) is 22.7. The predicted molar refractivity (Wildman–Crippen MR) is 185 cm³/mol. The van der Waals surface area contributed by atoms with E-state index in [0.29, 0.717) is 40.2 Å². The van der Waals surface area contributed by atoms with E-state index in [2.05, 4.69) is 25.6 Å². The van der Waals surface area contributed by atoms with Crippen LogP contribution >= 0.6 is 22.7 Å². The van der Waals surface area contributed by atoms with Crippen LogP contribution in [0.5, 0.6) is 0 Å². The van der Waals surface area contributed by atoms with Crippen LogP contribution in [-0.2, 0) is 9.53 Å². The zero-order valence-electron chi connectivity index (χ0n) is 26.6. The SMILES string of the molecule is CC(C)(C)OC(=O)CCCCCCCNC(=O)c1ccc(-c2csc(-n3[nH]c(-c4ccccc4)c(N=Nc4nccs4)c3=O)n2)cc1. The van der Waals surface area contributed by atoms with Gasteiger partial charge in [-0.2, -0.15) is 4.68 Å². The van der Waals surface area contributed by atoms with Crippen molar-refractivity contribution in [2.75, 3.05) is 6.54 Å². The molecule has 1 amide bonds. The van der Waals surface area contributed by atoms with Crippen LogP contribution in [0.15, 0.2) is 86.6 Å². The molecule has 244 valence electrons. The van der Waals surface area contributed by atoms with E-state index in [1.807, 2.05) is 68.6 Å². The second kappa shape index (κ2) is 15.7. The Balaban J connectivity index is 1.16. The van der Waals surface area contributed by atoms with E-state index in [0.717, 1.165) is 43.2 Å². The monoisotopic (exact) mass is 671 g/mol. The van der Waals surface area contributed by atoms with E-state index in [4.69, 9.17) is 9.72 Å². The van der Waals surface area contributed by atoms with Gasteiger partial charge in [-0.25, -0.2) is 9.97 Å². The molecule has 2 N–H and O–H groups in total. The first-order valence-corrected chi connectivity index (χ1v) is 17.2. The number of hydrogen-bond donors (Lipinski definition) is 2. The van der Waals surface area contributed by atoms with Crippen LogP contribution in [0, 0.1) is 0 Å². The molecule has 3 heterocycles. The molecule has 0 spiro atoms. The highest BCUT2D eigenvalue weighted by Crippen LogP contribution is 2.30. The van der Waals surface area contributed by atoms with Gasteiger partial charge in [-0.1, -0.05) is 61.7 Å². The molecule has 0 fully saturated rings. The van der Waals surface area contributed by atoms with Crippen molar-refractivity contribution in [3.05, 3.63) is 87.5 Å². The average molecular weight is 672 g/mol. The number of carbonyl (C=O) groups is 2. The van der Waals surface area contributed by atoms with Crippen molar-refractivity contribution in [2.24, 2.45) is 10.2 Å². The number of hydrogen-bond acceptors (Lipinski definition) is 10. The highest BCUT2D eigenvalue weighted by molar-refractivity contribution is 7.13. The average Bonchev–Trinajstić information content (AvgIpc) is 3.82. The molecule has 0 saturated heterocycles. The number of aromatic nitrogens is 4. The molecule has 0 unspecified atom stereocenters. The number of esters is 1. The molecule has 0 atom stereocenters. The first kappa shape index (κ1) is 33.6. The molecule has 5 aromatic rings. The van der Waals surface area contributed by atoms with Gasteiger partial charge in [0.25, 0.3) is 5.91 Å². The molecular formula is C34H37N7O4S2. The zero-order valence-corrected chi connectivity index (χ0v) is 28.2. The fourth-order valence-corrected chi connectivity index (χ4v) is 5.98. The summed E-state index contributed by atoms with van der Waals surface area (Å²) in [4.78, 5) is 46.8. The number of azo groups is 1. The Bertz CT molecular complexity index is 1850. The minimum atomic E-state index is -0.444. The van der Waals surface area contributed by atoms with Gasteiger partial charge in [0.05, 0.1) is 11.4 Å². The maximum Gasteiger partial charge on any atom is 0.306 e. The summed E-state index contributed by atoms with van der Waals surface area (Å²) in [6.45, 7) is 6.20. The summed E-state index contributed by atoms with van der Waals surface area (Å²) in [5.74, 6) is -0.286. The number of unbranched alkanes of at least 4 members (excludes halogenated alkanes) is 4. The molecule has 47 heavy (non-hydrogen) atoms.